The minimum atomic E-state index is -0.509. The van der Waals surface area contributed by atoms with E-state index in [4.69, 9.17) is 4.74 Å². The molecule has 0 spiro atoms. The van der Waals surface area contributed by atoms with E-state index in [0.717, 1.165) is 31.3 Å². The van der Waals surface area contributed by atoms with E-state index < -0.39 is 5.60 Å². The molecule has 0 bridgehead atoms. The number of amides is 1. The molecule has 0 radical (unpaired) electrons. The summed E-state index contributed by atoms with van der Waals surface area (Å²) in [5, 5.41) is 3.74. The third-order valence-electron chi connectivity index (χ3n) is 4.97. The summed E-state index contributed by atoms with van der Waals surface area (Å²) in [6.07, 6.45) is 1.26. The zero-order valence-corrected chi connectivity index (χ0v) is 18.6. The van der Waals surface area contributed by atoms with Crippen LogP contribution in [0.2, 0.25) is 0 Å². The number of hydrogen-bond donors (Lipinski definition) is 1. The summed E-state index contributed by atoms with van der Waals surface area (Å²) in [5.74, 6) is -0.377. The molecule has 1 saturated heterocycles. The van der Waals surface area contributed by atoms with E-state index in [-0.39, 0.29) is 23.5 Å². The number of piperidine rings is 1. The first-order valence-electron chi connectivity index (χ1n) is 9.83. The van der Waals surface area contributed by atoms with Gasteiger partial charge in [0.05, 0.1) is 5.52 Å². The van der Waals surface area contributed by atoms with Gasteiger partial charge in [0.15, 0.2) is 0 Å². The van der Waals surface area contributed by atoms with Crippen molar-refractivity contribution in [3.8, 4) is 0 Å². The topological polar surface area (TPSA) is 63.6 Å². The molecule has 8 heteroatoms. The van der Waals surface area contributed by atoms with Crippen molar-refractivity contribution < 1.29 is 13.9 Å². The molecule has 0 saturated carbocycles. The number of pyridine rings is 1. The highest BCUT2D eigenvalue weighted by molar-refractivity contribution is 9.10. The molecule has 1 aromatic heterocycles. The maximum Gasteiger partial charge on any atom is 0.407 e. The van der Waals surface area contributed by atoms with E-state index in [1.165, 1.54) is 18.2 Å². The Morgan fingerprint density at radius 2 is 1.93 bits per heavy atom. The van der Waals surface area contributed by atoms with Crippen molar-refractivity contribution in [2.24, 2.45) is 0 Å². The molecule has 1 aliphatic heterocycles. The van der Waals surface area contributed by atoms with E-state index >= 15 is 0 Å². The Kier molecular flexibility index (Phi) is 6.63. The SMILES string of the molecule is CC(C)(C)OC(=O)NC1CCN(CCn2c(=O)ccc3c(Br)cc(F)cc32)CC1. The van der Waals surface area contributed by atoms with Crippen molar-refractivity contribution in [3.63, 3.8) is 0 Å². The monoisotopic (exact) mass is 467 g/mol. The predicted octanol–water partition coefficient (Wildman–Crippen LogP) is 3.89. The second-order valence-electron chi connectivity index (χ2n) is 8.41. The summed E-state index contributed by atoms with van der Waals surface area (Å²) < 4.78 is 21.4. The van der Waals surface area contributed by atoms with Crippen LogP contribution in [0.15, 0.2) is 33.5 Å². The van der Waals surface area contributed by atoms with E-state index in [9.17, 15) is 14.0 Å². The van der Waals surface area contributed by atoms with Gasteiger partial charge in [-0.2, -0.15) is 0 Å². The lowest BCUT2D eigenvalue weighted by molar-refractivity contribution is 0.0478. The molecule has 1 amide bonds. The van der Waals surface area contributed by atoms with Crippen molar-refractivity contribution >= 4 is 32.9 Å². The molecule has 0 unspecified atom stereocenters. The number of halogens is 2. The molecule has 6 nitrogen and oxygen atoms in total. The van der Waals surface area contributed by atoms with Gasteiger partial charge in [-0.1, -0.05) is 0 Å². The number of fused-ring (bicyclic) bond motifs is 1. The number of rotatable bonds is 4. The maximum atomic E-state index is 13.9. The molecule has 2 heterocycles. The minimum absolute atomic E-state index is 0.0893. The second kappa shape index (κ2) is 8.83. The Morgan fingerprint density at radius 1 is 1.24 bits per heavy atom. The van der Waals surface area contributed by atoms with Crippen LogP contribution in [0.4, 0.5) is 9.18 Å². The van der Waals surface area contributed by atoms with Crippen LogP contribution in [0.3, 0.4) is 0 Å². The molecule has 3 rings (SSSR count). The van der Waals surface area contributed by atoms with Crippen LogP contribution < -0.4 is 10.9 Å². The summed E-state index contributed by atoms with van der Waals surface area (Å²) >= 11 is 3.37. The van der Waals surface area contributed by atoms with Gasteiger partial charge < -0.3 is 19.5 Å². The predicted molar refractivity (Wildman–Crippen MR) is 115 cm³/mol. The first-order chi connectivity index (χ1) is 13.6. The molecular formula is C21H27BrFN3O3. The summed E-state index contributed by atoms with van der Waals surface area (Å²) in [6, 6.07) is 6.12. The lowest BCUT2D eigenvalue weighted by Gasteiger charge is -2.33. The Labute approximate surface area is 178 Å². The zero-order chi connectivity index (χ0) is 21.2. The number of ether oxygens (including phenoxy) is 1. The van der Waals surface area contributed by atoms with Crippen molar-refractivity contribution in [1.29, 1.82) is 0 Å². The average molecular weight is 468 g/mol. The molecule has 158 valence electrons. The molecule has 0 atom stereocenters. The fraction of sp³-hybridized carbons (Fsp3) is 0.524. The van der Waals surface area contributed by atoms with Crippen molar-refractivity contribution in [2.75, 3.05) is 19.6 Å². The van der Waals surface area contributed by atoms with Gasteiger partial charge >= 0.3 is 6.09 Å². The molecule has 1 fully saturated rings. The molecule has 1 aliphatic rings. The highest BCUT2D eigenvalue weighted by atomic mass is 79.9. The zero-order valence-electron chi connectivity index (χ0n) is 17.0. The lowest BCUT2D eigenvalue weighted by Crippen LogP contribution is -2.46. The number of carbonyl (C=O) groups excluding carboxylic acids is 1. The Balaban J connectivity index is 1.58. The molecule has 0 aliphatic carbocycles. The largest absolute Gasteiger partial charge is 0.444 e. The van der Waals surface area contributed by atoms with Gasteiger partial charge in [-0.3, -0.25) is 4.79 Å². The summed E-state index contributed by atoms with van der Waals surface area (Å²) in [4.78, 5) is 26.5. The average Bonchev–Trinajstić information content (AvgIpc) is 2.60. The van der Waals surface area contributed by atoms with Gasteiger partial charge in [0.1, 0.15) is 11.4 Å². The van der Waals surface area contributed by atoms with Gasteiger partial charge in [-0.15, -0.1) is 0 Å². The number of benzene rings is 1. The Hall–Kier alpha value is -1.93. The van der Waals surface area contributed by atoms with Crippen LogP contribution in [0, 0.1) is 5.82 Å². The quantitative estimate of drug-likeness (QED) is 0.740. The van der Waals surface area contributed by atoms with Crippen LogP contribution in [0.1, 0.15) is 33.6 Å². The number of alkyl carbamates (subject to hydrolysis) is 1. The number of likely N-dealkylation sites (tertiary alicyclic amines) is 1. The highest BCUT2D eigenvalue weighted by Gasteiger charge is 2.23. The summed E-state index contributed by atoms with van der Waals surface area (Å²) in [7, 11) is 0. The minimum Gasteiger partial charge on any atom is -0.444 e. The van der Waals surface area contributed by atoms with Gasteiger partial charge in [-0.05, 0) is 67.7 Å². The van der Waals surface area contributed by atoms with Crippen LogP contribution in [-0.4, -0.2) is 46.8 Å². The van der Waals surface area contributed by atoms with Crippen molar-refractivity contribution in [1.82, 2.24) is 14.8 Å². The van der Waals surface area contributed by atoms with E-state index in [1.807, 2.05) is 20.8 Å². The Morgan fingerprint density at radius 3 is 2.59 bits per heavy atom. The van der Waals surface area contributed by atoms with Crippen LogP contribution >= 0.6 is 15.9 Å². The number of carbonyl (C=O) groups is 1. The van der Waals surface area contributed by atoms with Crippen molar-refractivity contribution in [2.45, 2.75) is 51.8 Å². The van der Waals surface area contributed by atoms with Gasteiger partial charge in [0.25, 0.3) is 5.56 Å². The van der Waals surface area contributed by atoms with Gasteiger partial charge in [-0.25, -0.2) is 9.18 Å². The molecule has 1 aromatic carbocycles. The molecule has 1 N–H and O–H groups in total. The Bertz CT molecular complexity index is 947. The maximum absolute atomic E-state index is 13.9. The number of hydrogen-bond acceptors (Lipinski definition) is 4. The normalized spacial score (nSPS) is 16.2. The van der Waals surface area contributed by atoms with E-state index in [2.05, 4.69) is 26.1 Å². The van der Waals surface area contributed by atoms with Crippen LogP contribution in [0.5, 0.6) is 0 Å². The van der Waals surface area contributed by atoms with Crippen molar-refractivity contribution in [3.05, 3.63) is 44.9 Å². The smallest absolute Gasteiger partial charge is 0.407 e. The van der Waals surface area contributed by atoms with Crippen LogP contribution in [-0.2, 0) is 11.3 Å². The number of nitrogens with one attached hydrogen (secondary N) is 1. The van der Waals surface area contributed by atoms with E-state index in [0.29, 0.717) is 23.1 Å². The van der Waals surface area contributed by atoms with Crippen LogP contribution in [0.25, 0.3) is 10.9 Å². The molecule has 29 heavy (non-hydrogen) atoms. The third-order valence-corrected chi connectivity index (χ3v) is 5.63. The highest BCUT2D eigenvalue weighted by Crippen LogP contribution is 2.24. The molecule has 2 aromatic rings. The third kappa shape index (κ3) is 5.79. The standard InChI is InChI=1S/C21H27BrFN3O3/c1-21(2,3)29-20(28)24-15-6-8-25(9-7-15)10-11-26-18-13-14(23)12-17(22)16(18)4-5-19(26)27/h4-5,12-13,15H,6-11H2,1-3H3,(H,24,28). The fourth-order valence-electron chi connectivity index (χ4n) is 3.57. The van der Waals surface area contributed by atoms with Gasteiger partial charge in [0.2, 0.25) is 0 Å². The second-order valence-corrected chi connectivity index (χ2v) is 9.26. The first-order valence-corrected chi connectivity index (χ1v) is 10.6. The number of aromatic nitrogens is 1. The fourth-order valence-corrected chi connectivity index (χ4v) is 4.12. The summed E-state index contributed by atoms with van der Waals surface area (Å²) in [5.41, 5.74) is -0.0624. The first kappa shape index (κ1) is 21.8. The summed E-state index contributed by atoms with van der Waals surface area (Å²) in [6.45, 7) is 8.33. The van der Waals surface area contributed by atoms with E-state index in [1.54, 1.807) is 10.6 Å². The number of nitrogens with zero attached hydrogens (tertiary/aromatic N) is 2. The lowest BCUT2D eigenvalue weighted by atomic mass is 10.1. The molecular weight excluding hydrogens is 441 g/mol. The van der Waals surface area contributed by atoms with Gasteiger partial charge in [0, 0.05) is 48.1 Å².